The largest absolute Gasteiger partial charge is 0.481 e. The van der Waals surface area contributed by atoms with Crippen molar-refractivity contribution < 1.29 is 14.7 Å². The van der Waals surface area contributed by atoms with Gasteiger partial charge in [0.15, 0.2) is 0 Å². The molecule has 0 atom stereocenters. The zero-order valence-corrected chi connectivity index (χ0v) is 11.6. The van der Waals surface area contributed by atoms with Gasteiger partial charge in [-0.15, -0.1) is 0 Å². The van der Waals surface area contributed by atoms with Crippen LogP contribution in [0.2, 0.25) is 5.02 Å². The van der Waals surface area contributed by atoms with Gasteiger partial charge < -0.3 is 14.6 Å². The summed E-state index contributed by atoms with van der Waals surface area (Å²) in [4.78, 5) is 24.8. The third-order valence-electron chi connectivity index (χ3n) is 3.24. The topological polar surface area (TPSA) is 62.5 Å². The second kappa shape index (κ2) is 5.65. The molecular formula is C13H17ClN2O3. The van der Waals surface area contributed by atoms with E-state index in [9.17, 15) is 9.59 Å². The SMILES string of the molecule is CCn1cc(Cl)cc1C(=O)N(CCC(=O)O)C1CC1. The molecule has 1 aliphatic rings. The minimum absolute atomic E-state index is 0.0250. The second-order valence-corrected chi connectivity index (χ2v) is 5.14. The number of aryl methyl sites for hydroxylation is 1. The fourth-order valence-corrected chi connectivity index (χ4v) is 2.34. The molecule has 0 bridgehead atoms. The Balaban J connectivity index is 2.16. The first-order valence-corrected chi connectivity index (χ1v) is 6.79. The van der Waals surface area contributed by atoms with E-state index in [2.05, 4.69) is 0 Å². The molecule has 0 unspecified atom stereocenters. The first-order chi connectivity index (χ1) is 9.02. The van der Waals surface area contributed by atoms with Gasteiger partial charge in [0, 0.05) is 25.3 Å². The Morgan fingerprint density at radius 1 is 1.53 bits per heavy atom. The van der Waals surface area contributed by atoms with Crippen molar-refractivity contribution in [3.8, 4) is 0 Å². The smallest absolute Gasteiger partial charge is 0.305 e. The van der Waals surface area contributed by atoms with Crippen molar-refractivity contribution in [2.75, 3.05) is 6.54 Å². The lowest BCUT2D eigenvalue weighted by Gasteiger charge is -2.22. The van der Waals surface area contributed by atoms with Crippen LogP contribution in [0.3, 0.4) is 0 Å². The van der Waals surface area contributed by atoms with E-state index >= 15 is 0 Å². The fourth-order valence-electron chi connectivity index (χ4n) is 2.11. The number of carbonyl (C=O) groups is 2. The number of halogens is 1. The molecule has 1 aromatic rings. The highest BCUT2D eigenvalue weighted by molar-refractivity contribution is 6.31. The van der Waals surface area contributed by atoms with Crippen LogP contribution < -0.4 is 0 Å². The third kappa shape index (κ3) is 3.29. The molecule has 0 saturated heterocycles. The van der Waals surface area contributed by atoms with Crippen LogP contribution in [-0.2, 0) is 11.3 Å². The Labute approximate surface area is 116 Å². The van der Waals surface area contributed by atoms with Gasteiger partial charge in [-0.3, -0.25) is 9.59 Å². The standard InChI is InChI=1S/C13H17ClN2O3/c1-2-15-8-9(14)7-11(15)13(19)16(10-3-4-10)6-5-12(17)18/h7-8,10H,2-6H2,1H3,(H,17,18). The number of amides is 1. The summed E-state index contributed by atoms with van der Waals surface area (Å²) in [5.74, 6) is -1.01. The Morgan fingerprint density at radius 3 is 2.74 bits per heavy atom. The van der Waals surface area contributed by atoms with Crippen LogP contribution in [-0.4, -0.2) is 39.0 Å². The molecule has 1 aromatic heterocycles. The number of hydrogen-bond donors (Lipinski definition) is 1. The van der Waals surface area contributed by atoms with Gasteiger partial charge in [0.25, 0.3) is 5.91 Å². The van der Waals surface area contributed by atoms with Crippen molar-refractivity contribution in [2.24, 2.45) is 0 Å². The summed E-state index contributed by atoms with van der Waals surface area (Å²) in [6.07, 6.45) is 3.59. The van der Waals surface area contributed by atoms with E-state index < -0.39 is 5.97 Å². The van der Waals surface area contributed by atoms with Crippen molar-refractivity contribution in [1.29, 1.82) is 0 Å². The van der Waals surface area contributed by atoms with Gasteiger partial charge in [0.2, 0.25) is 0 Å². The predicted octanol–water partition coefficient (Wildman–Crippen LogP) is 2.24. The minimum Gasteiger partial charge on any atom is -0.481 e. The maximum atomic E-state index is 12.5. The van der Waals surface area contributed by atoms with Crippen LogP contribution in [0.1, 0.15) is 36.7 Å². The number of hydrogen-bond acceptors (Lipinski definition) is 2. The number of rotatable bonds is 6. The van der Waals surface area contributed by atoms with E-state index in [0.29, 0.717) is 17.3 Å². The van der Waals surface area contributed by atoms with Crippen LogP contribution in [0, 0.1) is 0 Å². The monoisotopic (exact) mass is 284 g/mol. The van der Waals surface area contributed by atoms with Crippen LogP contribution in [0.25, 0.3) is 0 Å². The molecule has 1 heterocycles. The van der Waals surface area contributed by atoms with Gasteiger partial charge in [-0.05, 0) is 25.8 Å². The Morgan fingerprint density at radius 2 is 2.21 bits per heavy atom. The molecule has 0 radical (unpaired) electrons. The molecule has 2 rings (SSSR count). The molecule has 104 valence electrons. The summed E-state index contributed by atoms with van der Waals surface area (Å²) in [6.45, 7) is 2.85. The summed E-state index contributed by atoms with van der Waals surface area (Å²) in [5, 5.41) is 9.28. The molecule has 5 nitrogen and oxygen atoms in total. The van der Waals surface area contributed by atoms with Gasteiger partial charge in [-0.2, -0.15) is 0 Å². The number of carbonyl (C=O) groups excluding carboxylic acids is 1. The fraction of sp³-hybridized carbons (Fsp3) is 0.538. The number of nitrogens with zero attached hydrogens (tertiary/aromatic N) is 2. The Hall–Kier alpha value is -1.49. The maximum absolute atomic E-state index is 12.5. The van der Waals surface area contributed by atoms with E-state index in [1.165, 1.54) is 0 Å². The molecule has 1 fully saturated rings. The van der Waals surface area contributed by atoms with Gasteiger partial charge in [-0.25, -0.2) is 0 Å². The second-order valence-electron chi connectivity index (χ2n) is 4.70. The van der Waals surface area contributed by atoms with E-state index in [-0.39, 0.29) is 24.9 Å². The molecule has 0 spiro atoms. The van der Waals surface area contributed by atoms with Crippen LogP contribution in [0.5, 0.6) is 0 Å². The lowest BCUT2D eigenvalue weighted by Crippen LogP contribution is -2.36. The van der Waals surface area contributed by atoms with Crippen molar-refractivity contribution in [1.82, 2.24) is 9.47 Å². The van der Waals surface area contributed by atoms with E-state index in [0.717, 1.165) is 12.8 Å². The number of aromatic nitrogens is 1. The quantitative estimate of drug-likeness (QED) is 0.871. The Kier molecular flexibility index (Phi) is 4.14. The first kappa shape index (κ1) is 13.9. The molecule has 1 amide bonds. The number of carboxylic acid groups (broad SMARTS) is 1. The highest BCUT2D eigenvalue weighted by Crippen LogP contribution is 2.29. The molecule has 19 heavy (non-hydrogen) atoms. The normalized spacial score (nSPS) is 14.4. The molecular weight excluding hydrogens is 268 g/mol. The van der Waals surface area contributed by atoms with Crippen LogP contribution >= 0.6 is 11.6 Å². The Bertz CT molecular complexity index is 494. The highest BCUT2D eigenvalue weighted by atomic mass is 35.5. The van der Waals surface area contributed by atoms with E-state index in [1.54, 1.807) is 21.7 Å². The van der Waals surface area contributed by atoms with E-state index in [1.807, 2.05) is 6.92 Å². The van der Waals surface area contributed by atoms with Gasteiger partial charge in [0.05, 0.1) is 11.4 Å². The number of aliphatic carboxylic acids is 1. The molecule has 1 aliphatic carbocycles. The lowest BCUT2D eigenvalue weighted by molar-refractivity contribution is -0.137. The molecule has 1 N–H and O–H groups in total. The summed E-state index contributed by atoms with van der Waals surface area (Å²) < 4.78 is 1.79. The highest BCUT2D eigenvalue weighted by Gasteiger charge is 2.34. The van der Waals surface area contributed by atoms with Gasteiger partial charge in [-0.1, -0.05) is 11.6 Å². The average Bonchev–Trinajstić information content (AvgIpc) is 3.11. The van der Waals surface area contributed by atoms with Crippen molar-refractivity contribution in [2.45, 2.75) is 38.8 Å². The van der Waals surface area contributed by atoms with Crippen LogP contribution in [0.4, 0.5) is 0 Å². The zero-order valence-electron chi connectivity index (χ0n) is 10.8. The molecule has 1 saturated carbocycles. The zero-order chi connectivity index (χ0) is 14.0. The maximum Gasteiger partial charge on any atom is 0.305 e. The lowest BCUT2D eigenvalue weighted by atomic mass is 10.3. The van der Waals surface area contributed by atoms with Gasteiger partial charge in [0.1, 0.15) is 5.69 Å². The van der Waals surface area contributed by atoms with E-state index in [4.69, 9.17) is 16.7 Å². The summed E-state index contributed by atoms with van der Waals surface area (Å²) in [5.41, 5.74) is 0.532. The summed E-state index contributed by atoms with van der Waals surface area (Å²) in [7, 11) is 0. The molecule has 6 heteroatoms. The third-order valence-corrected chi connectivity index (χ3v) is 3.44. The molecule has 0 aliphatic heterocycles. The van der Waals surface area contributed by atoms with Crippen molar-refractivity contribution in [3.63, 3.8) is 0 Å². The average molecular weight is 285 g/mol. The van der Waals surface area contributed by atoms with Crippen LogP contribution in [0.15, 0.2) is 12.3 Å². The number of carboxylic acids is 1. The van der Waals surface area contributed by atoms with Crippen molar-refractivity contribution in [3.05, 3.63) is 23.0 Å². The summed E-state index contributed by atoms with van der Waals surface area (Å²) in [6, 6.07) is 1.83. The van der Waals surface area contributed by atoms with Gasteiger partial charge >= 0.3 is 5.97 Å². The minimum atomic E-state index is -0.887. The predicted molar refractivity (Wildman–Crippen MR) is 71.4 cm³/mol. The summed E-state index contributed by atoms with van der Waals surface area (Å²) >= 11 is 5.93. The molecule has 0 aromatic carbocycles. The van der Waals surface area contributed by atoms with Crippen molar-refractivity contribution >= 4 is 23.5 Å². The first-order valence-electron chi connectivity index (χ1n) is 6.41.